The Balaban J connectivity index is 2.58. The molecule has 0 aromatic carbocycles. The Bertz CT molecular complexity index is 351. The van der Waals surface area contributed by atoms with E-state index >= 15 is 0 Å². The van der Waals surface area contributed by atoms with Crippen LogP contribution in [0.2, 0.25) is 0 Å². The topological polar surface area (TPSA) is 152 Å². The zero-order valence-corrected chi connectivity index (χ0v) is 11.8. The summed E-state index contributed by atoms with van der Waals surface area (Å²) < 4.78 is 19.8. The zero-order chi connectivity index (χ0) is 16.7. The molecule has 0 spiro atoms. The van der Waals surface area contributed by atoms with Crippen LogP contribution in [-0.2, 0) is 28.5 Å². The number of hydrogen-bond donors (Lipinski definition) is 4. The lowest BCUT2D eigenvalue weighted by atomic mass is 9.99. The molecule has 0 bridgehead atoms. The molecule has 0 aliphatic carbocycles. The molecule has 0 aromatic rings. The van der Waals surface area contributed by atoms with E-state index in [1.165, 1.54) is 7.11 Å². The Morgan fingerprint density at radius 2 is 1.82 bits per heavy atom. The van der Waals surface area contributed by atoms with E-state index in [0.717, 1.165) is 0 Å². The third kappa shape index (κ3) is 5.04. The van der Waals surface area contributed by atoms with Gasteiger partial charge in [0.05, 0.1) is 13.2 Å². The molecule has 4 N–H and O–H groups in total. The van der Waals surface area contributed by atoms with Gasteiger partial charge in [-0.1, -0.05) is 0 Å². The number of carbonyl (C=O) groups is 2. The second kappa shape index (κ2) is 9.22. The normalized spacial score (nSPS) is 34.9. The van der Waals surface area contributed by atoms with Crippen molar-refractivity contribution in [3.05, 3.63) is 0 Å². The molecule has 0 amide bonds. The minimum atomic E-state index is -1.79. The van der Waals surface area contributed by atoms with E-state index in [9.17, 15) is 24.9 Å². The van der Waals surface area contributed by atoms with Gasteiger partial charge in [0.2, 0.25) is 6.29 Å². The van der Waals surface area contributed by atoms with E-state index in [2.05, 4.69) is 4.74 Å². The molecule has 1 saturated heterocycles. The Morgan fingerprint density at radius 3 is 2.36 bits per heavy atom. The van der Waals surface area contributed by atoms with Crippen LogP contribution in [0.4, 0.5) is 0 Å². The van der Waals surface area contributed by atoms with Crippen molar-refractivity contribution in [3.63, 3.8) is 0 Å². The van der Waals surface area contributed by atoms with Crippen molar-refractivity contribution < 1.29 is 49.0 Å². The van der Waals surface area contributed by atoms with Crippen molar-refractivity contribution in [3.8, 4) is 0 Å². The minimum Gasteiger partial charge on any atom is -0.387 e. The summed E-state index contributed by atoms with van der Waals surface area (Å²) in [6.07, 6.45) is -9.45. The SMILES string of the molecule is COCC1OC(OCC(C=O)OC(O)C=O)C(O)C(O)C1O. The number of methoxy groups -OCH3 is 1. The fourth-order valence-electron chi connectivity index (χ4n) is 1.87. The van der Waals surface area contributed by atoms with E-state index in [4.69, 9.17) is 19.3 Å². The van der Waals surface area contributed by atoms with E-state index in [1.807, 2.05) is 0 Å². The number of hydrogen-bond acceptors (Lipinski definition) is 10. The lowest BCUT2D eigenvalue weighted by molar-refractivity contribution is -0.306. The molecule has 0 saturated carbocycles. The summed E-state index contributed by atoms with van der Waals surface area (Å²) in [7, 11) is 1.36. The van der Waals surface area contributed by atoms with Gasteiger partial charge in [0.25, 0.3) is 0 Å². The van der Waals surface area contributed by atoms with Gasteiger partial charge in [-0.3, -0.25) is 4.79 Å². The predicted molar refractivity (Wildman–Crippen MR) is 67.5 cm³/mol. The number of aliphatic hydroxyl groups excluding tert-OH is 4. The number of ether oxygens (including phenoxy) is 4. The molecular weight excluding hydrogens is 304 g/mol. The molecular formula is C12H20O10. The largest absolute Gasteiger partial charge is 0.387 e. The van der Waals surface area contributed by atoms with Gasteiger partial charge in [0.15, 0.2) is 18.9 Å². The molecule has 1 rings (SSSR count). The summed E-state index contributed by atoms with van der Waals surface area (Å²) in [5.41, 5.74) is 0. The fraction of sp³-hybridized carbons (Fsp3) is 0.833. The van der Waals surface area contributed by atoms with Crippen molar-refractivity contribution in [2.45, 2.75) is 43.1 Å². The van der Waals surface area contributed by atoms with Crippen molar-refractivity contribution in [1.82, 2.24) is 0 Å². The number of aliphatic hydroxyl groups is 4. The fourth-order valence-corrected chi connectivity index (χ4v) is 1.87. The smallest absolute Gasteiger partial charge is 0.212 e. The average Bonchev–Trinajstić information content (AvgIpc) is 2.52. The molecule has 1 heterocycles. The van der Waals surface area contributed by atoms with E-state index in [0.29, 0.717) is 6.29 Å². The third-order valence-electron chi connectivity index (χ3n) is 3.01. The van der Waals surface area contributed by atoms with Gasteiger partial charge in [-0.2, -0.15) is 0 Å². The quantitative estimate of drug-likeness (QED) is 0.249. The summed E-state index contributed by atoms with van der Waals surface area (Å²) in [4.78, 5) is 21.0. The molecule has 1 aliphatic heterocycles. The van der Waals surface area contributed by atoms with Crippen LogP contribution in [-0.4, -0.2) is 96.4 Å². The second-order valence-corrected chi connectivity index (χ2v) is 4.64. The highest BCUT2D eigenvalue weighted by Crippen LogP contribution is 2.22. The summed E-state index contributed by atoms with van der Waals surface area (Å²) in [5, 5.41) is 38.2. The van der Waals surface area contributed by atoms with Crippen LogP contribution < -0.4 is 0 Å². The van der Waals surface area contributed by atoms with E-state index < -0.39 is 49.7 Å². The molecule has 128 valence electrons. The van der Waals surface area contributed by atoms with Crippen LogP contribution >= 0.6 is 0 Å². The van der Waals surface area contributed by atoms with Gasteiger partial charge < -0.3 is 44.2 Å². The van der Waals surface area contributed by atoms with Crippen molar-refractivity contribution >= 4 is 12.6 Å². The molecule has 10 nitrogen and oxygen atoms in total. The molecule has 22 heavy (non-hydrogen) atoms. The lowest BCUT2D eigenvalue weighted by Crippen LogP contribution is -2.59. The first-order valence-electron chi connectivity index (χ1n) is 6.48. The average molecular weight is 324 g/mol. The van der Waals surface area contributed by atoms with Crippen LogP contribution in [0.15, 0.2) is 0 Å². The zero-order valence-electron chi connectivity index (χ0n) is 11.8. The Hall–Kier alpha value is -0.980. The maximum Gasteiger partial charge on any atom is 0.212 e. The summed E-state index contributed by atoms with van der Waals surface area (Å²) in [5.74, 6) is 0. The van der Waals surface area contributed by atoms with E-state index in [1.54, 1.807) is 0 Å². The van der Waals surface area contributed by atoms with Gasteiger partial charge in [0, 0.05) is 7.11 Å². The van der Waals surface area contributed by atoms with E-state index in [-0.39, 0.29) is 12.9 Å². The molecule has 10 heteroatoms. The first-order valence-corrected chi connectivity index (χ1v) is 6.48. The maximum absolute atomic E-state index is 10.7. The second-order valence-electron chi connectivity index (χ2n) is 4.64. The first-order chi connectivity index (χ1) is 10.4. The van der Waals surface area contributed by atoms with Crippen molar-refractivity contribution in [2.75, 3.05) is 20.3 Å². The molecule has 1 fully saturated rings. The number of aldehydes is 2. The Morgan fingerprint density at radius 1 is 1.14 bits per heavy atom. The highest BCUT2D eigenvalue weighted by molar-refractivity contribution is 5.58. The van der Waals surface area contributed by atoms with Gasteiger partial charge in [-0.25, -0.2) is 0 Å². The monoisotopic (exact) mass is 324 g/mol. The summed E-state index contributed by atoms with van der Waals surface area (Å²) in [6.45, 7) is -0.499. The van der Waals surface area contributed by atoms with Crippen LogP contribution in [0, 0.1) is 0 Å². The maximum atomic E-state index is 10.7. The summed E-state index contributed by atoms with van der Waals surface area (Å²) in [6, 6.07) is 0. The lowest BCUT2D eigenvalue weighted by Gasteiger charge is -2.40. The molecule has 0 aromatic heterocycles. The van der Waals surface area contributed by atoms with Crippen molar-refractivity contribution in [1.29, 1.82) is 0 Å². The summed E-state index contributed by atoms with van der Waals surface area (Å²) >= 11 is 0. The molecule has 7 atom stereocenters. The van der Waals surface area contributed by atoms with Gasteiger partial charge >= 0.3 is 0 Å². The minimum absolute atomic E-state index is 0.0533. The van der Waals surface area contributed by atoms with Gasteiger partial charge in [-0.05, 0) is 0 Å². The highest BCUT2D eigenvalue weighted by atomic mass is 16.7. The van der Waals surface area contributed by atoms with Crippen LogP contribution in [0.1, 0.15) is 0 Å². The number of carbonyl (C=O) groups excluding carboxylic acids is 2. The first kappa shape index (κ1) is 19.1. The van der Waals surface area contributed by atoms with Crippen LogP contribution in [0.25, 0.3) is 0 Å². The molecule has 0 radical (unpaired) electrons. The van der Waals surface area contributed by atoms with Crippen LogP contribution in [0.5, 0.6) is 0 Å². The standard InChI is InChI=1S/C12H20O10/c1-19-5-7-9(16)10(17)11(18)12(22-7)20-4-6(2-13)21-8(15)3-14/h2-3,6-12,15-18H,4-5H2,1H3. The highest BCUT2D eigenvalue weighted by Gasteiger charge is 2.44. The number of rotatable bonds is 9. The molecule has 1 aliphatic rings. The predicted octanol–water partition coefficient (Wildman–Crippen LogP) is -3.44. The van der Waals surface area contributed by atoms with Crippen LogP contribution in [0.3, 0.4) is 0 Å². The molecule has 7 unspecified atom stereocenters. The van der Waals surface area contributed by atoms with Gasteiger partial charge in [-0.15, -0.1) is 0 Å². The van der Waals surface area contributed by atoms with Crippen molar-refractivity contribution in [2.24, 2.45) is 0 Å². The third-order valence-corrected chi connectivity index (χ3v) is 3.01. The Kier molecular flexibility index (Phi) is 8.00. The van der Waals surface area contributed by atoms with Gasteiger partial charge in [0.1, 0.15) is 30.5 Å². The Labute approximate surface area is 126 Å².